The van der Waals surface area contributed by atoms with Crippen molar-refractivity contribution in [3.63, 3.8) is 0 Å². The molecule has 0 aromatic carbocycles. The van der Waals surface area contributed by atoms with E-state index in [1.54, 1.807) is 0 Å². The summed E-state index contributed by atoms with van der Waals surface area (Å²) in [5.41, 5.74) is 0. The van der Waals surface area contributed by atoms with Gasteiger partial charge in [0.05, 0.1) is 0 Å². The molecule has 0 N–H and O–H groups in total. The Bertz CT molecular complexity index is 36.6. The molecule has 0 aliphatic heterocycles. The van der Waals surface area contributed by atoms with Crippen molar-refractivity contribution in [2.24, 2.45) is 0 Å². The molecule has 0 saturated heterocycles. The van der Waals surface area contributed by atoms with E-state index >= 15 is 0 Å². The molecule has 5 heavy (non-hydrogen) atoms. The molecule has 3 heteroatoms. The van der Waals surface area contributed by atoms with Gasteiger partial charge in [-0.3, -0.25) is 4.79 Å². The fourth-order valence-corrected chi connectivity index (χ4v) is 0. The Morgan fingerprint density at radius 2 is 2.20 bits per heavy atom. The molecule has 0 fully saturated rings. The maximum atomic E-state index is 9.31. The van der Waals surface area contributed by atoms with Crippen molar-refractivity contribution >= 4 is 14.4 Å². The van der Waals surface area contributed by atoms with E-state index in [1.807, 2.05) is 0 Å². The van der Waals surface area contributed by atoms with Gasteiger partial charge in [0, 0.05) is 0 Å². The van der Waals surface area contributed by atoms with Gasteiger partial charge in [-0.25, -0.2) is 0 Å². The van der Waals surface area contributed by atoms with Crippen LogP contribution in [0.15, 0.2) is 0 Å². The van der Waals surface area contributed by atoms with E-state index < -0.39 is 0 Å². The Labute approximate surface area is 32.2 Å². The molecule has 0 aromatic heterocycles. The average Bonchev–Trinajstić information content (AvgIpc) is 1.38. The topological polar surface area (TPSA) is 20.3 Å². The largest absolute Gasteiger partial charge is 0.402 e. The lowest BCUT2D eigenvalue weighted by molar-refractivity contribution is -0.113. The van der Waals surface area contributed by atoms with Crippen molar-refractivity contribution in [2.75, 3.05) is 7.05 Å². The molecule has 0 spiro atoms. The summed E-state index contributed by atoms with van der Waals surface area (Å²) in [4.78, 5) is 10.2. The summed E-state index contributed by atoms with van der Waals surface area (Å²) < 4.78 is 0. The Morgan fingerprint density at radius 1 is 2.00 bits per heavy atom. The number of hydrogen-bond acceptors (Lipinski definition) is 1. The summed E-state index contributed by atoms with van der Waals surface area (Å²) in [5, 5.41) is 0. The molecule has 26 valence electrons. The summed E-state index contributed by atoms with van der Waals surface area (Å²) >= 11 is 0. The molecule has 0 saturated carbocycles. The van der Waals surface area contributed by atoms with Crippen LogP contribution in [-0.2, 0) is 4.79 Å². The van der Waals surface area contributed by atoms with Crippen LogP contribution in [-0.4, -0.2) is 26.2 Å². The SMILES string of the molecule is [B]N(C)C=O. The Morgan fingerprint density at radius 3 is 2.20 bits per heavy atom. The van der Waals surface area contributed by atoms with E-state index in [0.29, 0.717) is 6.41 Å². The van der Waals surface area contributed by atoms with Gasteiger partial charge in [-0.2, -0.15) is 0 Å². The molecule has 0 heterocycles. The molecule has 0 aliphatic carbocycles. The van der Waals surface area contributed by atoms with E-state index in [1.165, 1.54) is 7.05 Å². The first kappa shape index (κ1) is 4.53. The van der Waals surface area contributed by atoms with Crippen LogP contribution in [0.4, 0.5) is 0 Å². The first-order chi connectivity index (χ1) is 2.27. The number of carbonyl (C=O) groups excluding carboxylic acids is 1. The molecule has 0 aromatic rings. The molecule has 0 bridgehead atoms. The van der Waals surface area contributed by atoms with Crippen molar-refractivity contribution in [1.82, 2.24) is 4.81 Å². The van der Waals surface area contributed by atoms with Crippen LogP contribution in [0.2, 0.25) is 0 Å². The van der Waals surface area contributed by atoms with Crippen molar-refractivity contribution in [3.8, 4) is 0 Å². The van der Waals surface area contributed by atoms with Crippen LogP contribution in [0.3, 0.4) is 0 Å². The second kappa shape index (κ2) is 1.82. The predicted octanol–water partition coefficient (Wildman–Crippen LogP) is -0.842. The third-order valence-corrected chi connectivity index (χ3v) is 0.166. The van der Waals surface area contributed by atoms with Gasteiger partial charge in [-0.1, -0.05) is 0 Å². The van der Waals surface area contributed by atoms with Gasteiger partial charge in [0.25, 0.3) is 0 Å². The van der Waals surface area contributed by atoms with E-state index in [0.717, 1.165) is 4.81 Å². The van der Waals surface area contributed by atoms with Crippen molar-refractivity contribution < 1.29 is 4.79 Å². The van der Waals surface area contributed by atoms with E-state index in [2.05, 4.69) is 0 Å². The smallest absolute Gasteiger partial charge is 0.229 e. The number of carbonyl (C=O) groups is 1. The summed E-state index contributed by atoms with van der Waals surface area (Å²) in [6, 6.07) is 0. The minimum Gasteiger partial charge on any atom is -0.402 e. The summed E-state index contributed by atoms with van der Waals surface area (Å²) in [6.07, 6.45) is 0.528. The maximum absolute atomic E-state index is 9.31. The first-order valence-electron chi connectivity index (χ1n) is 1.20. The molecular formula is C2H4BNO. The fraction of sp³-hybridized carbons (Fsp3) is 0.500. The third kappa shape index (κ3) is 3.53. The number of rotatable bonds is 1. The van der Waals surface area contributed by atoms with Gasteiger partial charge >= 0.3 is 0 Å². The zero-order valence-electron chi connectivity index (χ0n) is 3.01. The van der Waals surface area contributed by atoms with Gasteiger partial charge in [-0.15, -0.1) is 0 Å². The van der Waals surface area contributed by atoms with Crippen LogP contribution in [0.5, 0.6) is 0 Å². The monoisotopic (exact) mass is 69.0 g/mol. The molecule has 2 nitrogen and oxygen atoms in total. The molecule has 0 rings (SSSR count). The predicted molar refractivity (Wildman–Crippen MR) is 19.6 cm³/mol. The quantitative estimate of drug-likeness (QED) is 0.290. The highest BCUT2D eigenvalue weighted by molar-refractivity contribution is 6.09. The van der Waals surface area contributed by atoms with Gasteiger partial charge < -0.3 is 4.81 Å². The summed E-state index contributed by atoms with van der Waals surface area (Å²) in [6.45, 7) is 0. The van der Waals surface area contributed by atoms with Crippen molar-refractivity contribution in [1.29, 1.82) is 0 Å². The molecule has 0 aliphatic rings. The lowest BCUT2D eigenvalue weighted by atomic mass is 10.4. The lowest BCUT2D eigenvalue weighted by Gasteiger charge is -1.93. The van der Waals surface area contributed by atoms with Crippen LogP contribution in [0, 0.1) is 0 Å². The number of hydrogen-bond donors (Lipinski definition) is 0. The highest BCUT2D eigenvalue weighted by Crippen LogP contribution is 1.49. The summed E-state index contributed by atoms with van der Waals surface area (Å²) in [5.74, 6) is 0. The van der Waals surface area contributed by atoms with Crippen LogP contribution in [0.1, 0.15) is 0 Å². The van der Waals surface area contributed by atoms with E-state index in [9.17, 15) is 4.79 Å². The fourth-order valence-electron chi connectivity index (χ4n) is 0. The van der Waals surface area contributed by atoms with Crippen molar-refractivity contribution in [2.45, 2.75) is 0 Å². The number of nitrogens with zero attached hydrogens (tertiary/aromatic N) is 1. The van der Waals surface area contributed by atoms with Gasteiger partial charge in [0.15, 0.2) is 6.41 Å². The average molecular weight is 68.9 g/mol. The Kier molecular flexibility index (Phi) is 1.65. The normalized spacial score (nSPS) is 6.60. The van der Waals surface area contributed by atoms with Gasteiger partial charge in [0.2, 0.25) is 7.98 Å². The molecule has 0 atom stereocenters. The number of amides is 1. The first-order valence-corrected chi connectivity index (χ1v) is 1.20. The van der Waals surface area contributed by atoms with E-state index in [-0.39, 0.29) is 0 Å². The maximum Gasteiger partial charge on any atom is 0.229 e. The standard InChI is InChI=1S/C2H4BNO/c1-4(3)2-5/h2H,1H3. The second-order valence-corrected chi connectivity index (χ2v) is 0.771. The zero-order chi connectivity index (χ0) is 4.28. The molecular weight excluding hydrogens is 64.8 g/mol. The van der Waals surface area contributed by atoms with Crippen molar-refractivity contribution in [3.05, 3.63) is 0 Å². The van der Waals surface area contributed by atoms with Crippen LogP contribution < -0.4 is 0 Å². The summed E-state index contributed by atoms with van der Waals surface area (Å²) in [7, 11) is 6.22. The van der Waals surface area contributed by atoms with Gasteiger partial charge in [-0.05, 0) is 7.05 Å². The minimum absolute atomic E-state index is 0.528. The molecule has 1 amide bonds. The minimum atomic E-state index is 0.528. The third-order valence-electron chi connectivity index (χ3n) is 0.166. The molecule has 2 radical (unpaired) electrons. The van der Waals surface area contributed by atoms with Crippen LogP contribution >= 0.6 is 0 Å². The van der Waals surface area contributed by atoms with E-state index in [4.69, 9.17) is 7.98 Å². The zero-order valence-corrected chi connectivity index (χ0v) is 3.01. The van der Waals surface area contributed by atoms with Gasteiger partial charge in [0.1, 0.15) is 0 Å². The highest BCUT2D eigenvalue weighted by Gasteiger charge is 1.69. The lowest BCUT2D eigenvalue weighted by Crippen LogP contribution is -2.08. The Hall–Kier alpha value is -0.465. The molecule has 0 unspecified atom stereocenters. The van der Waals surface area contributed by atoms with Crippen LogP contribution in [0.25, 0.3) is 0 Å². The highest BCUT2D eigenvalue weighted by atomic mass is 16.1. The Balaban J connectivity index is 2.83. The second-order valence-electron chi connectivity index (χ2n) is 0.771.